The normalized spacial score (nSPS) is 11.2. The predicted octanol–water partition coefficient (Wildman–Crippen LogP) is 3.09. The van der Waals surface area contributed by atoms with E-state index in [1.165, 1.54) is 11.7 Å². The molecule has 0 aliphatic heterocycles. The van der Waals surface area contributed by atoms with Crippen molar-refractivity contribution >= 4 is 7.92 Å². The Balaban J connectivity index is 3.98. The van der Waals surface area contributed by atoms with Crippen molar-refractivity contribution < 1.29 is 0 Å². The lowest BCUT2D eigenvalue weighted by molar-refractivity contribution is 1.16. The Morgan fingerprint density at radius 3 is 2.45 bits per heavy atom. The third-order valence-corrected chi connectivity index (χ3v) is 2.28. The average Bonchev–Trinajstić information content (AvgIpc) is 1.97. The van der Waals surface area contributed by atoms with Crippen LogP contribution in [0.2, 0.25) is 0 Å². The highest BCUT2D eigenvalue weighted by Gasteiger charge is 1.90. The van der Waals surface area contributed by atoms with Gasteiger partial charge in [0.15, 0.2) is 0 Å². The van der Waals surface area contributed by atoms with Crippen LogP contribution in [0.1, 0.15) is 20.3 Å². The van der Waals surface area contributed by atoms with E-state index in [4.69, 9.17) is 0 Å². The van der Waals surface area contributed by atoms with E-state index in [1.54, 1.807) is 0 Å². The Morgan fingerprint density at radius 2 is 2.09 bits per heavy atom. The van der Waals surface area contributed by atoms with Crippen LogP contribution in [-0.2, 0) is 0 Å². The smallest absolute Gasteiger partial charge is 0.00189 e. The summed E-state index contributed by atoms with van der Waals surface area (Å²) >= 11 is 0. The van der Waals surface area contributed by atoms with Gasteiger partial charge in [-0.05, 0) is 38.4 Å². The first-order chi connectivity index (χ1) is 5.20. The Bertz CT molecular complexity index is 179. The van der Waals surface area contributed by atoms with Gasteiger partial charge in [0.25, 0.3) is 0 Å². The molecule has 0 aliphatic carbocycles. The van der Waals surface area contributed by atoms with Crippen LogP contribution in [0.15, 0.2) is 11.6 Å². The highest BCUT2D eigenvalue weighted by atomic mass is 31.1. The average molecular weight is 168 g/mol. The Morgan fingerprint density at radius 1 is 1.45 bits per heavy atom. The van der Waals surface area contributed by atoms with Gasteiger partial charge in [0.2, 0.25) is 0 Å². The van der Waals surface area contributed by atoms with Crippen molar-refractivity contribution in [2.45, 2.75) is 20.3 Å². The summed E-state index contributed by atoms with van der Waals surface area (Å²) in [4.78, 5) is 0. The summed E-state index contributed by atoms with van der Waals surface area (Å²) in [5.74, 6) is 6.04. The van der Waals surface area contributed by atoms with E-state index in [2.05, 4.69) is 38.2 Å². The Kier molecular flexibility index (Phi) is 6.28. The quantitative estimate of drug-likeness (QED) is 0.448. The van der Waals surface area contributed by atoms with Crippen molar-refractivity contribution in [3.63, 3.8) is 0 Å². The van der Waals surface area contributed by atoms with Crippen molar-refractivity contribution in [1.82, 2.24) is 0 Å². The van der Waals surface area contributed by atoms with Gasteiger partial charge in [-0.1, -0.05) is 18.9 Å². The summed E-state index contributed by atoms with van der Waals surface area (Å²) in [6.45, 7) is 8.63. The maximum Gasteiger partial charge on any atom is -0.00189 e. The SMILES string of the molecule is CC#C/C(=C/CP(C)C)CC. The minimum Gasteiger partial charge on any atom is -0.109 e. The van der Waals surface area contributed by atoms with Crippen molar-refractivity contribution in [1.29, 1.82) is 0 Å². The fourth-order valence-electron chi connectivity index (χ4n) is 0.737. The van der Waals surface area contributed by atoms with Crippen molar-refractivity contribution in [3.8, 4) is 11.8 Å². The van der Waals surface area contributed by atoms with Gasteiger partial charge in [-0.15, -0.1) is 13.8 Å². The molecule has 1 heteroatoms. The predicted molar refractivity (Wildman–Crippen MR) is 55.5 cm³/mol. The maximum absolute atomic E-state index is 3.11. The third kappa shape index (κ3) is 6.14. The summed E-state index contributed by atoms with van der Waals surface area (Å²) in [7, 11) is 0.206. The molecule has 0 aromatic rings. The standard InChI is InChI=1S/C10H17P/c1-5-7-10(6-2)8-9-11(3)4/h8H,6,9H2,1-4H3/b10-8+. The molecule has 0 saturated heterocycles. The van der Waals surface area contributed by atoms with E-state index < -0.39 is 0 Å². The van der Waals surface area contributed by atoms with Gasteiger partial charge in [-0.3, -0.25) is 0 Å². The second-order valence-electron chi connectivity index (χ2n) is 2.72. The molecule has 0 fully saturated rings. The first-order valence-corrected chi connectivity index (χ1v) is 6.39. The fraction of sp³-hybridized carbons (Fsp3) is 0.600. The van der Waals surface area contributed by atoms with Gasteiger partial charge >= 0.3 is 0 Å². The van der Waals surface area contributed by atoms with Gasteiger partial charge < -0.3 is 0 Å². The summed E-state index contributed by atoms with van der Waals surface area (Å²) in [6, 6.07) is 0. The molecule has 0 bridgehead atoms. The number of hydrogen-bond acceptors (Lipinski definition) is 0. The van der Waals surface area contributed by atoms with Crippen molar-refractivity contribution in [3.05, 3.63) is 11.6 Å². The van der Waals surface area contributed by atoms with Gasteiger partial charge in [-0.25, -0.2) is 0 Å². The van der Waals surface area contributed by atoms with Crippen LogP contribution in [0, 0.1) is 11.8 Å². The molecule has 0 N–H and O–H groups in total. The van der Waals surface area contributed by atoms with Crippen LogP contribution in [0.5, 0.6) is 0 Å². The largest absolute Gasteiger partial charge is 0.109 e. The second kappa shape index (κ2) is 6.44. The fourth-order valence-corrected chi connectivity index (χ4v) is 1.32. The minimum atomic E-state index is 0.206. The molecule has 0 aliphatic rings. The van der Waals surface area contributed by atoms with Crippen LogP contribution in [0.25, 0.3) is 0 Å². The molecule has 0 aromatic heterocycles. The molecule has 0 saturated carbocycles. The highest BCUT2D eigenvalue weighted by Crippen LogP contribution is 2.24. The molecule has 11 heavy (non-hydrogen) atoms. The monoisotopic (exact) mass is 168 g/mol. The first kappa shape index (κ1) is 10.7. The summed E-state index contributed by atoms with van der Waals surface area (Å²) in [5, 5.41) is 0. The molecule has 0 spiro atoms. The van der Waals surface area contributed by atoms with Crippen molar-refractivity contribution in [2.75, 3.05) is 19.5 Å². The molecule has 0 rings (SSSR count). The molecule has 0 aromatic carbocycles. The zero-order valence-corrected chi connectivity index (χ0v) is 8.83. The van der Waals surface area contributed by atoms with E-state index in [1.807, 2.05) is 6.92 Å². The van der Waals surface area contributed by atoms with Gasteiger partial charge in [0, 0.05) is 0 Å². The second-order valence-corrected chi connectivity index (χ2v) is 5.24. The van der Waals surface area contributed by atoms with E-state index in [0.717, 1.165) is 6.42 Å². The Labute approximate surface area is 71.8 Å². The van der Waals surface area contributed by atoms with E-state index in [9.17, 15) is 0 Å². The van der Waals surface area contributed by atoms with Gasteiger partial charge in [0.05, 0.1) is 0 Å². The first-order valence-electron chi connectivity index (χ1n) is 3.97. The van der Waals surface area contributed by atoms with Crippen LogP contribution in [-0.4, -0.2) is 19.5 Å². The van der Waals surface area contributed by atoms with E-state index >= 15 is 0 Å². The molecule has 0 amide bonds. The zero-order valence-electron chi connectivity index (χ0n) is 7.94. The lowest BCUT2D eigenvalue weighted by Gasteiger charge is -1.99. The zero-order chi connectivity index (χ0) is 8.69. The number of hydrogen-bond donors (Lipinski definition) is 0. The third-order valence-electron chi connectivity index (χ3n) is 1.37. The van der Waals surface area contributed by atoms with Crippen LogP contribution < -0.4 is 0 Å². The van der Waals surface area contributed by atoms with Crippen molar-refractivity contribution in [2.24, 2.45) is 0 Å². The van der Waals surface area contributed by atoms with Crippen LogP contribution in [0.4, 0.5) is 0 Å². The maximum atomic E-state index is 3.11. The molecular formula is C10H17P. The number of allylic oxidation sites excluding steroid dienone is 2. The molecular weight excluding hydrogens is 151 g/mol. The molecule has 0 nitrogen and oxygen atoms in total. The van der Waals surface area contributed by atoms with E-state index in [0.29, 0.717) is 0 Å². The lowest BCUT2D eigenvalue weighted by atomic mass is 10.2. The highest BCUT2D eigenvalue weighted by molar-refractivity contribution is 7.56. The molecule has 0 atom stereocenters. The molecule has 0 unspecified atom stereocenters. The lowest BCUT2D eigenvalue weighted by Crippen LogP contribution is -1.80. The summed E-state index contributed by atoms with van der Waals surface area (Å²) in [6.07, 6.45) is 4.57. The molecule has 62 valence electrons. The molecule has 0 heterocycles. The van der Waals surface area contributed by atoms with Crippen LogP contribution >= 0.6 is 7.92 Å². The summed E-state index contributed by atoms with van der Waals surface area (Å²) in [5.41, 5.74) is 1.30. The summed E-state index contributed by atoms with van der Waals surface area (Å²) < 4.78 is 0. The molecule has 0 radical (unpaired) electrons. The van der Waals surface area contributed by atoms with Gasteiger partial charge in [-0.2, -0.15) is 0 Å². The van der Waals surface area contributed by atoms with E-state index in [-0.39, 0.29) is 7.92 Å². The van der Waals surface area contributed by atoms with Crippen LogP contribution in [0.3, 0.4) is 0 Å². The minimum absolute atomic E-state index is 0.206. The Hall–Kier alpha value is -0.270. The number of rotatable bonds is 3. The topological polar surface area (TPSA) is 0 Å². The van der Waals surface area contributed by atoms with Gasteiger partial charge in [0.1, 0.15) is 0 Å².